The number of carbonyl (C=O) groups is 2. The van der Waals surface area contributed by atoms with Crippen molar-refractivity contribution in [2.75, 3.05) is 4.90 Å². The van der Waals surface area contributed by atoms with Gasteiger partial charge in [0.2, 0.25) is 0 Å². The van der Waals surface area contributed by atoms with Gasteiger partial charge in [-0.05, 0) is 54.0 Å². The number of aryl methyl sites for hydroxylation is 1. The van der Waals surface area contributed by atoms with Gasteiger partial charge in [-0.3, -0.25) is 9.59 Å². The SMILES string of the molecule is Cc1ccccc1N1C(=O)/C(=C\c2cccc(O)c2)c2ccccc2C1=O. The largest absolute Gasteiger partial charge is 0.508 e. The minimum atomic E-state index is -0.378. The Morgan fingerprint density at radius 2 is 1.52 bits per heavy atom. The molecule has 1 heterocycles. The van der Waals surface area contributed by atoms with Crippen LogP contribution in [0.1, 0.15) is 27.0 Å². The van der Waals surface area contributed by atoms with Crippen molar-refractivity contribution in [3.05, 3.63) is 95.1 Å². The maximum absolute atomic E-state index is 13.3. The molecular weight excluding hydrogens is 338 g/mol. The smallest absolute Gasteiger partial charge is 0.265 e. The van der Waals surface area contributed by atoms with E-state index >= 15 is 0 Å². The number of hydrogen-bond acceptors (Lipinski definition) is 3. The molecule has 132 valence electrons. The Hall–Kier alpha value is -3.66. The fourth-order valence-electron chi connectivity index (χ4n) is 3.31. The molecule has 0 saturated heterocycles. The van der Waals surface area contributed by atoms with Crippen molar-refractivity contribution in [2.24, 2.45) is 0 Å². The quantitative estimate of drug-likeness (QED) is 0.546. The first-order valence-corrected chi connectivity index (χ1v) is 8.61. The highest BCUT2D eigenvalue weighted by Gasteiger charge is 2.36. The number of para-hydroxylation sites is 1. The average molecular weight is 355 g/mol. The summed E-state index contributed by atoms with van der Waals surface area (Å²) in [6.07, 6.45) is 1.71. The molecule has 3 aromatic rings. The number of rotatable bonds is 2. The maximum Gasteiger partial charge on any atom is 0.265 e. The zero-order chi connectivity index (χ0) is 19.0. The number of fused-ring (bicyclic) bond motifs is 1. The summed E-state index contributed by atoms with van der Waals surface area (Å²) in [5, 5.41) is 9.73. The number of carbonyl (C=O) groups excluding carboxylic acids is 2. The Morgan fingerprint density at radius 1 is 0.815 bits per heavy atom. The molecule has 4 nitrogen and oxygen atoms in total. The first kappa shape index (κ1) is 16.8. The standard InChI is InChI=1S/C23H17NO3/c1-15-7-2-5-12-21(15)24-22(26)19-11-4-3-10-18(19)20(23(24)27)14-16-8-6-9-17(25)13-16/h2-14,25H,1H3/b20-14-. The summed E-state index contributed by atoms with van der Waals surface area (Å²) in [7, 11) is 0. The van der Waals surface area contributed by atoms with Crippen LogP contribution in [0.2, 0.25) is 0 Å². The van der Waals surface area contributed by atoms with E-state index in [1.807, 2.05) is 25.1 Å². The number of aromatic hydroxyl groups is 1. The molecule has 0 bridgehead atoms. The number of benzene rings is 3. The lowest BCUT2D eigenvalue weighted by Crippen LogP contribution is -2.42. The lowest BCUT2D eigenvalue weighted by molar-refractivity contribution is -0.112. The van der Waals surface area contributed by atoms with E-state index in [-0.39, 0.29) is 17.6 Å². The van der Waals surface area contributed by atoms with Gasteiger partial charge in [0, 0.05) is 11.1 Å². The van der Waals surface area contributed by atoms with Gasteiger partial charge in [0.15, 0.2) is 0 Å². The molecule has 3 aromatic carbocycles. The Morgan fingerprint density at radius 3 is 2.26 bits per heavy atom. The van der Waals surface area contributed by atoms with Gasteiger partial charge < -0.3 is 5.11 Å². The third-order valence-corrected chi connectivity index (χ3v) is 4.62. The summed E-state index contributed by atoms with van der Waals surface area (Å²) in [6, 6.07) is 21.1. The Balaban J connectivity index is 1.93. The van der Waals surface area contributed by atoms with Crippen molar-refractivity contribution in [3.8, 4) is 5.75 Å². The summed E-state index contributed by atoms with van der Waals surface area (Å²) < 4.78 is 0. The highest BCUT2D eigenvalue weighted by molar-refractivity contribution is 6.43. The van der Waals surface area contributed by atoms with Crippen LogP contribution >= 0.6 is 0 Å². The molecule has 4 rings (SSSR count). The van der Waals surface area contributed by atoms with Crippen LogP contribution in [0.15, 0.2) is 72.8 Å². The monoisotopic (exact) mass is 355 g/mol. The van der Waals surface area contributed by atoms with Crippen molar-refractivity contribution in [2.45, 2.75) is 6.92 Å². The van der Waals surface area contributed by atoms with E-state index in [9.17, 15) is 14.7 Å². The van der Waals surface area contributed by atoms with Crippen LogP contribution < -0.4 is 4.90 Å². The molecule has 0 aliphatic carbocycles. The van der Waals surface area contributed by atoms with Crippen molar-refractivity contribution in [3.63, 3.8) is 0 Å². The van der Waals surface area contributed by atoms with Gasteiger partial charge in [-0.15, -0.1) is 0 Å². The summed E-state index contributed by atoms with van der Waals surface area (Å²) in [5.74, 6) is -0.595. The van der Waals surface area contributed by atoms with E-state index in [2.05, 4.69) is 0 Å². The molecule has 27 heavy (non-hydrogen) atoms. The van der Waals surface area contributed by atoms with Gasteiger partial charge in [-0.25, -0.2) is 4.90 Å². The van der Waals surface area contributed by atoms with Crippen LogP contribution in [-0.4, -0.2) is 16.9 Å². The van der Waals surface area contributed by atoms with Crippen LogP contribution in [0.5, 0.6) is 5.75 Å². The van der Waals surface area contributed by atoms with Crippen molar-refractivity contribution in [1.29, 1.82) is 0 Å². The third kappa shape index (κ3) is 2.91. The molecule has 4 heteroatoms. The molecule has 0 spiro atoms. The number of amides is 2. The third-order valence-electron chi connectivity index (χ3n) is 4.62. The van der Waals surface area contributed by atoms with Gasteiger partial charge in [0.25, 0.3) is 11.8 Å². The van der Waals surface area contributed by atoms with Gasteiger partial charge in [0.1, 0.15) is 5.75 Å². The molecule has 1 aliphatic rings. The minimum Gasteiger partial charge on any atom is -0.508 e. The van der Waals surface area contributed by atoms with Crippen LogP contribution in [-0.2, 0) is 4.79 Å². The molecule has 0 radical (unpaired) electrons. The van der Waals surface area contributed by atoms with Crippen LogP contribution in [0.4, 0.5) is 5.69 Å². The fourth-order valence-corrected chi connectivity index (χ4v) is 3.31. The predicted octanol–water partition coefficient (Wildman–Crippen LogP) is 4.43. The second-order valence-electron chi connectivity index (χ2n) is 6.43. The molecular formula is C23H17NO3. The van der Waals surface area contributed by atoms with Crippen LogP contribution in [0, 0.1) is 6.92 Å². The highest BCUT2D eigenvalue weighted by Crippen LogP contribution is 2.34. The summed E-state index contributed by atoms with van der Waals surface area (Å²) >= 11 is 0. The number of imide groups is 1. The second kappa shape index (κ2) is 6.57. The summed E-state index contributed by atoms with van der Waals surface area (Å²) in [5.41, 5.74) is 3.60. The molecule has 1 N–H and O–H groups in total. The minimum absolute atomic E-state index is 0.118. The van der Waals surface area contributed by atoms with Gasteiger partial charge >= 0.3 is 0 Å². The normalized spacial score (nSPS) is 15.1. The second-order valence-corrected chi connectivity index (χ2v) is 6.43. The molecule has 2 amide bonds. The molecule has 0 aromatic heterocycles. The predicted molar refractivity (Wildman–Crippen MR) is 105 cm³/mol. The van der Waals surface area contributed by atoms with Gasteiger partial charge in [0.05, 0.1) is 5.69 Å². The van der Waals surface area contributed by atoms with Crippen LogP contribution in [0.25, 0.3) is 11.6 Å². The van der Waals surface area contributed by atoms with Crippen molar-refractivity contribution >= 4 is 29.2 Å². The Labute approximate surface area is 157 Å². The van der Waals surface area contributed by atoms with E-state index in [4.69, 9.17) is 0 Å². The van der Waals surface area contributed by atoms with E-state index < -0.39 is 0 Å². The molecule has 0 fully saturated rings. The topological polar surface area (TPSA) is 57.6 Å². The maximum atomic E-state index is 13.3. The summed E-state index contributed by atoms with van der Waals surface area (Å²) in [6.45, 7) is 1.87. The van der Waals surface area contributed by atoms with Gasteiger partial charge in [-0.1, -0.05) is 48.5 Å². The highest BCUT2D eigenvalue weighted by atomic mass is 16.3. The average Bonchev–Trinajstić information content (AvgIpc) is 2.67. The molecule has 0 unspecified atom stereocenters. The van der Waals surface area contributed by atoms with Crippen LogP contribution in [0.3, 0.4) is 0 Å². The zero-order valence-electron chi connectivity index (χ0n) is 14.7. The zero-order valence-corrected chi connectivity index (χ0v) is 14.7. The summed E-state index contributed by atoms with van der Waals surface area (Å²) in [4.78, 5) is 27.6. The van der Waals surface area contributed by atoms with Gasteiger partial charge in [-0.2, -0.15) is 0 Å². The number of phenolic OH excluding ortho intramolecular Hbond substituents is 1. The molecule has 1 aliphatic heterocycles. The van der Waals surface area contributed by atoms with Crippen molar-refractivity contribution in [1.82, 2.24) is 0 Å². The number of nitrogens with zero attached hydrogens (tertiary/aromatic N) is 1. The first-order chi connectivity index (χ1) is 13.1. The van der Waals surface area contributed by atoms with E-state index in [0.717, 1.165) is 5.56 Å². The number of hydrogen-bond donors (Lipinski definition) is 1. The number of phenols is 1. The Bertz CT molecular complexity index is 1100. The van der Waals surface area contributed by atoms with Crippen molar-refractivity contribution < 1.29 is 14.7 Å². The first-order valence-electron chi connectivity index (χ1n) is 8.61. The van der Waals surface area contributed by atoms with E-state index in [0.29, 0.717) is 28.0 Å². The van der Waals surface area contributed by atoms with E-state index in [1.165, 1.54) is 4.90 Å². The fraction of sp³-hybridized carbons (Fsp3) is 0.0435. The number of anilines is 1. The molecule has 0 saturated carbocycles. The molecule has 0 atom stereocenters. The van der Waals surface area contributed by atoms with E-state index in [1.54, 1.807) is 60.7 Å². The lowest BCUT2D eigenvalue weighted by atomic mass is 9.91. The Kier molecular flexibility index (Phi) is 4.09. The lowest BCUT2D eigenvalue weighted by Gasteiger charge is -2.29.